The van der Waals surface area contributed by atoms with Crippen LogP contribution in [0.5, 0.6) is 0 Å². The SMILES string of the molecule is CS(=O)(=O)c1ccc(-c2ccc(CN3CCNCC3)cn2)cn1. The number of aromatic nitrogens is 2. The molecule has 0 amide bonds. The first-order valence-electron chi connectivity index (χ1n) is 7.57. The predicted molar refractivity (Wildman–Crippen MR) is 88.7 cm³/mol. The fraction of sp³-hybridized carbons (Fsp3) is 0.375. The van der Waals surface area contributed by atoms with Gasteiger partial charge in [0.25, 0.3) is 0 Å². The molecule has 1 saturated heterocycles. The lowest BCUT2D eigenvalue weighted by atomic mass is 10.1. The maximum absolute atomic E-state index is 11.4. The van der Waals surface area contributed by atoms with Crippen molar-refractivity contribution in [3.8, 4) is 11.3 Å². The van der Waals surface area contributed by atoms with Gasteiger partial charge in [-0.15, -0.1) is 0 Å². The Morgan fingerprint density at radius 1 is 1.09 bits per heavy atom. The van der Waals surface area contributed by atoms with Gasteiger partial charge in [0, 0.05) is 56.9 Å². The molecule has 3 rings (SSSR count). The minimum absolute atomic E-state index is 0.0802. The molecule has 7 heteroatoms. The second-order valence-corrected chi connectivity index (χ2v) is 7.70. The molecule has 0 atom stereocenters. The average molecular weight is 332 g/mol. The molecule has 0 aromatic carbocycles. The summed E-state index contributed by atoms with van der Waals surface area (Å²) in [5.41, 5.74) is 2.78. The smallest absolute Gasteiger partial charge is 0.192 e. The number of hydrogen-bond donors (Lipinski definition) is 1. The quantitative estimate of drug-likeness (QED) is 0.898. The standard InChI is InChI=1S/C16H20N4O2S/c1-23(21,22)16-5-3-14(11-19-16)15-4-2-13(10-18-15)12-20-8-6-17-7-9-20/h2-5,10-11,17H,6-9,12H2,1H3. The number of rotatable bonds is 4. The summed E-state index contributed by atoms with van der Waals surface area (Å²) in [6.07, 6.45) is 4.58. The molecule has 3 heterocycles. The van der Waals surface area contributed by atoms with Gasteiger partial charge in [0.2, 0.25) is 0 Å². The summed E-state index contributed by atoms with van der Waals surface area (Å²) in [6.45, 7) is 5.07. The van der Waals surface area contributed by atoms with Crippen molar-refractivity contribution in [2.24, 2.45) is 0 Å². The predicted octanol–water partition coefficient (Wildman–Crippen LogP) is 0.952. The highest BCUT2D eigenvalue weighted by Crippen LogP contribution is 2.18. The van der Waals surface area contributed by atoms with Gasteiger partial charge < -0.3 is 5.32 Å². The van der Waals surface area contributed by atoms with Crippen molar-refractivity contribution in [1.29, 1.82) is 0 Å². The van der Waals surface area contributed by atoms with Crippen LogP contribution in [-0.4, -0.2) is 55.7 Å². The van der Waals surface area contributed by atoms with Gasteiger partial charge in [-0.3, -0.25) is 9.88 Å². The summed E-state index contributed by atoms with van der Waals surface area (Å²) in [5, 5.41) is 3.42. The van der Waals surface area contributed by atoms with Crippen LogP contribution in [0.2, 0.25) is 0 Å². The van der Waals surface area contributed by atoms with Crippen LogP contribution in [0.25, 0.3) is 11.3 Å². The van der Waals surface area contributed by atoms with Crippen LogP contribution in [0.15, 0.2) is 41.7 Å². The first kappa shape index (κ1) is 16.0. The molecule has 0 aliphatic carbocycles. The van der Waals surface area contributed by atoms with Crippen molar-refractivity contribution < 1.29 is 8.42 Å². The Kier molecular flexibility index (Phi) is 4.70. The van der Waals surface area contributed by atoms with E-state index < -0.39 is 9.84 Å². The van der Waals surface area contributed by atoms with E-state index in [1.165, 1.54) is 11.6 Å². The normalized spacial score (nSPS) is 16.4. The van der Waals surface area contributed by atoms with Crippen LogP contribution < -0.4 is 5.32 Å². The van der Waals surface area contributed by atoms with Gasteiger partial charge >= 0.3 is 0 Å². The minimum atomic E-state index is -3.27. The monoisotopic (exact) mass is 332 g/mol. The van der Waals surface area contributed by atoms with E-state index in [2.05, 4.69) is 26.3 Å². The third-order valence-electron chi connectivity index (χ3n) is 3.85. The molecule has 23 heavy (non-hydrogen) atoms. The molecule has 2 aromatic rings. The number of sulfone groups is 1. The molecule has 0 bridgehead atoms. The molecule has 0 saturated carbocycles. The average Bonchev–Trinajstić information content (AvgIpc) is 2.56. The maximum atomic E-state index is 11.4. The summed E-state index contributed by atoms with van der Waals surface area (Å²) >= 11 is 0. The molecular weight excluding hydrogens is 312 g/mol. The Morgan fingerprint density at radius 3 is 2.43 bits per heavy atom. The van der Waals surface area contributed by atoms with Crippen molar-refractivity contribution in [2.45, 2.75) is 11.6 Å². The van der Waals surface area contributed by atoms with E-state index in [9.17, 15) is 8.42 Å². The third-order valence-corrected chi connectivity index (χ3v) is 4.85. The zero-order valence-electron chi connectivity index (χ0n) is 13.1. The molecule has 6 nitrogen and oxygen atoms in total. The van der Waals surface area contributed by atoms with E-state index in [1.807, 2.05) is 12.3 Å². The Balaban J connectivity index is 1.71. The van der Waals surface area contributed by atoms with E-state index in [4.69, 9.17) is 0 Å². The number of nitrogens with one attached hydrogen (secondary N) is 1. The highest BCUT2D eigenvalue weighted by atomic mass is 32.2. The van der Waals surface area contributed by atoms with Crippen molar-refractivity contribution in [1.82, 2.24) is 20.2 Å². The van der Waals surface area contributed by atoms with Crippen LogP contribution >= 0.6 is 0 Å². The van der Waals surface area contributed by atoms with Gasteiger partial charge in [-0.2, -0.15) is 0 Å². The molecule has 1 N–H and O–H groups in total. The van der Waals surface area contributed by atoms with Gasteiger partial charge in [0.1, 0.15) is 0 Å². The van der Waals surface area contributed by atoms with E-state index >= 15 is 0 Å². The fourth-order valence-electron chi connectivity index (χ4n) is 2.57. The van der Waals surface area contributed by atoms with Crippen LogP contribution in [0, 0.1) is 0 Å². The molecule has 1 aliphatic rings. The van der Waals surface area contributed by atoms with Gasteiger partial charge in [0.15, 0.2) is 14.9 Å². The van der Waals surface area contributed by atoms with Gasteiger partial charge in [0.05, 0.1) is 5.69 Å². The van der Waals surface area contributed by atoms with E-state index in [0.717, 1.165) is 50.2 Å². The zero-order valence-corrected chi connectivity index (χ0v) is 13.9. The second-order valence-electron chi connectivity index (χ2n) is 5.74. The first-order valence-corrected chi connectivity index (χ1v) is 9.46. The summed E-state index contributed by atoms with van der Waals surface area (Å²) in [5.74, 6) is 0. The fourth-order valence-corrected chi connectivity index (χ4v) is 3.13. The molecular formula is C16H20N4O2S. The molecule has 1 aliphatic heterocycles. The lowest BCUT2D eigenvalue weighted by Crippen LogP contribution is -2.42. The lowest BCUT2D eigenvalue weighted by molar-refractivity contribution is 0.233. The lowest BCUT2D eigenvalue weighted by Gasteiger charge is -2.27. The molecule has 0 unspecified atom stereocenters. The van der Waals surface area contributed by atoms with Crippen LogP contribution in [0.4, 0.5) is 0 Å². The highest BCUT2D eigenvalue weighted by molar-refractivity contribution is 7.90. The Hall–Kier alpha value is -1.83. The van der Waals surface area contributed by atoms with Crippen molar-refractivity contribution in [3.05, 3.63) is 42.2 Å². The molecule has 122 valence electrons. The van der Waals surface area contributed by atoms with Crippen molar-refractivity contribution in [3.63, 3.8) is 0 Å². The molecule has 0 spiro atoms. The van der Waals surface area contributed by atoms with E-state index in [1.54, 1.807) is 12.3 Å². The zero-order chi connectivity index (χ0) is 16.3. The molecule has 1 fully saturated rings. The molecule has 0 radical (unpaired) electrons. The minimum Gasteiger partial charge on any atom is -0.314 e. The number of nitrogens with zero attached hydrogens (tertiary/aromatic N) is 3. The van der Waals surface area contributed by atoms with Crippen LogP contribution in [0.3, 0.4) is 0 Å². The topological polar surface area (TPSA) is 75.2 Å². The van der Waals surface area contributed by atoms with Crippen molar-refractivity contribution >= 4 is 9.84 Å². The van der Waals surface area contributed by atoms with Crippen molar-refractivity contribution in [2.75, 3.05) is 32.4 Å². The third kappa shape index (κ3) is 4.13. The molecule has 2 aromatic heterocycles. The van der Waals surface area contributed by atoms with E-state index in [-0.39, 0.29) is 5.03 Å². The summed E-state index contributed by atoms with van der Waals surface area (Å²) < 4.78 is 22.9. The summed E-state index contributed by atoms with van der Waals surface area (Å²) in [6, 6.07) is 7.27. The van der Waals surface area contributed by atoms with Gasteiger partial charge in [-0.1, -0.05) is 6.07 Å². The maximum Gasteiger partial charge on any atom is 0.192 e. The first-order chi connectivity index (χ1) is 11.0. The summed E-state index contributed by atoms with van der Waals surface area (Å²) in [4.78, 5) is 10.9. The van der Waals surface area contributed by atoms with E-state index in [0.29, 0.717) is 0 Å². The Morgan fingerprint density at radius 2 is 1.87 bits per heavy atom. The summed E-state index contributed by atoms with van der Waals surface area (Å²) in [7, 11) is -3.27. The number of hydrogen-bond acceptors (Lipinski definition) is 6. The Bertz CT molecular complexity index is 752. The Labute approximate surface area is 136 Å². The number of pyridine rings is 2. The largest absolute Gasteiger partial charge is 0.314 e. The van der Waals surface area contributed by atoms with Gasteiger partial charge in [-0.25, -0.2) is 13.4 Å². The van der Waals surface area contributed by atoms with Gasteiger partial charge in [-0.05, 0) is 23.8 Å². The van der Waals surface area contributed by atoms with Crippen LogP contribution in [-0.2, 0) is 16.4 Å². The van der Waals surface area contributed by atoms with Crippen LogP contribution in [0.1, 0.15) is 5.56 Å². The number of piperazine rings is 1. The second kappa shape index (κ2) is 6.74. The highest BCUT2D eigenvalue weighted by Gasteiger charge is 2.11.